The van der Waals surface area contributed by atoms with Gasteiger partial charge < -0.3 is 14.8 Å². The van der Waals surface area contributed by atoms with Crippen molar-refractivity contribution in [2.45, 2.75) is 32.3 Å². The summed E-state index contributed by atoms with van der Waals surface area (Å²) in [5, 5.41) is 8.28. The lowest BCUT2D eigenvalue weighted by Gasteiger charge is -2.14. The molecule has 0 unspecified atom stereocenters. The van der Waals surface area contributed by atoms with Gasteiger partial charge in [-0.05, 0) is 55.7 Å². The molecule has 168 valence electrons. The number of ether oxygens (including phenoxy) is 2. The first-order valence-corrected chi connectivity index (χ1v) is 10.9. The fourth-order valence-electron chi connectivity index (χ4n) is 3.94. The van der Waals surface area contributed by atoms with E-state index in [1.54, 1.807) is 42.4 Å². The third-order valence-corrected chi connectivity index (χ3v) is 5.79. The van der Waals surface area contributed by atoms with Crippen LogP contribution >= 0.6 is 0 Å². The number of carbonyl (C=O) groups excluding carboxylic acids is 1. The highest BCUT2D eigenvalue weighted by Gasteiger charge is 2.28. The minimum absolute atomic E-state index is 0.203. The molecule has 1 aromatic carbocycles. The summed E-state index contributed by atoms with van der Waals surface area (Å²) >= 11 is 0. The molecule has 1 N–H and O–H groups in total. The number of fused-ring (bicyclic) bond motifs is 1. The summed E-state index contributed by atoms with van der Waals surface area (Å²) in [5.74, 6) is 1.35. The zero-order chi connectivity index (χ0) is 22.9. The number of benzene rings is 1. The predicted molar refractivity (Wildman–Crippen MR) is 125 cm³/mol. The summed E-state index contributed by atoms with van der Waals surface area (Å²) in [6.07, 6.45) is 5.65. The van der Waals surface area contributed by atoms with Gasteiger partial charge in [-0.15, -0.1) is 0 Å². The molecular formula is C25H25N5O3. The summed E-state index contributed by atoms with van der Waals surface area (Å²) in [4.78, 5) is 22.2. The maximum Gasteiger partial charge on any atom is 0.256 e. The average molecular weight is 444 g/mol. The van der Waals surface area contributed by atoms with E-state index in [1.807, 2.05) is 32.2 Å². The van der Waals surface area contributed by atoms with Crippen LogP contribution < -0.4 is 14.8 Å². The molecule has 1 saturated carbocycles. The number of hydrogen-bond donors (Lipinski definition) is 1. The third kappa shape index (κ3) is 4.24. The lowest BCUT2D eigenvalue weighted by atomic mass is 10.1. The molecule has 0 saturated heterocycles. The molecule has 1 aliphatic carbocycles. The van der Waals surface area contributed by atoms with Crippen molar-refractivity contribution in [2.75, 3.05) is 12.4 Å². The van der Waals surface area contributed by atoms with Crippen LogP contribution in [0.5, 0.6) is 11.5 Å². The van der Waals surface area contributed by atoms with Gasteiger partial charge in [-0.1, -0.05) is 0 Å². The maximum atomic E-state index is 13.4. The van der Waals surface area contributed by atoms with E-state index in [1.165, 1.54) is 0 Å². The zero-order valence-electron chi connectivity index (χ0n) is 18.8. The molecule has 33 heavy (non-hydrogen) atoms. The van der Waals surface area contributed by atoms with E-state index in [2.05, 4.69) is 15.4 Å². The molecule has 4 aromatic rings. The molecule has 3 heterocycles. The highest BCUT2D eigenvalue weighted by atomic mass is 16.5. The van der Waals surface area contributed by atoms with E-state index >= 15 is 0 Å². The van der Waals surface area contributed by atoms with Gasteiger partial charge in [0, 0.05) is 42.8 Å². The molecular weight excluding hydrogens is 418 g/mol. The quantitative estimate of drug-likeness (QED) is 0.456. The van der Waals surface area contributed by atoms with E-state index in [9.17, 15) is 4.79 Å². The van der Waals surface area contributed by atoms with E-state index in [0.717, 1.165) is 40.8 Å². The first kappa shape index (κ1) is 20.9. The maximum absolute atomic E-state index is 13.4. The summed E-state index contributed by atoms with van der Waals surface area (Å²) in [6, 6.07) is 11.0. The third-order valence-electron chi connectivity index (χ3n) is 5.79. The van der Waals surface area contributed by atoms with Gasteiger partial charge in [0.2, 0.25) is 0 Å². The molecule has 1 amide bonds. The van der Waals surface area contributed by atoms with Crippen LogP contribution in [0.15, 0.2) is 48.8 Å². The molecule has 8 nitrogen and oxygen atoms in total. The normalized spacial score (nSPS) is 13.2. The van der Waals surface area contributed by atoms with Crippen molar-refractivity contribution in [1.82, 2.24) is 19.7 Å². The Morgan fingerprint density at radius 3 is 2.67 bits per heavy atom. The van der Waals surface area contributed by atoms with Crippen molar-refractivity contribution < 1.29 is 14.3 Å². The van der Waals surface area contributed by atoms with Crippen LogP contribution in [-0.2, 0) is 13.7 Å². The molecule has 1 fully saturated rings. The van der Waals surface area contributed by atoms with Gasteiger partial charge in [-0.3, -0.25) is 14.5 Å². The second-order valence-corrected chi connectivity index (χ2v) is 8.24. The van der Waals surface area contributed by atoms with Crippen LogP contribution in [0.3, 0.4) is 0 Å². The Morgan fingerprint density at radius 1 is 1.15 bits per heavy atom. The predicted octanol–water partition coefficient (Wildman–Crippen LogP) is 4.39. The standard InChI is InChI=1S/C25H25N5O3/c1-15-23-19(13-20(17-4-5-17)28-24(23)30(2)29-15)25(31)27-18-6-7-21(32-3)22(12-18)33-14-16-8-10-26-11-9-16/h6-13,17H,4-5,14H2,1-3H3,(H,27,31). The number of anilines is 1. The minimum Gasteiger partial charge on any atom is -0.493 e. The Bertz CT molecular complexity index is 1330. The number of nitrogens with zero attached hydrogens (tertiary/aromatic N) is 4. The Kier molecular flexibility index (Phi) is 5.42. The summed E-state index contributed by atoms with van der Waals surface area (Å²) in [5.41, 5.74) is 4.65. The second-order valence-electron chi connectivity index (χ2n) is 8.24. The molecule has 0 spiro atoms. The van der Waals surface area contributed by atoms with E-state index in [-0.39, 0.29) is 5.91 Å². The summed E-state index contributed by atoms with van der Waals surface area (Å²) in [6.45, 7) is 2.26. The van der Waals surface area contributed by atoms with Crippen LogP contribution in [0.4, 0.5) is 5.69 Å². The largest absolute Gasteiger partial charge is 0.493 e. The van der Waals surface area contributed by atoms with Crippen molar-refractivity contribution >= 4 is 22.6 Å². The topological polar surface area (TPSA) is 91.2 Å². The number of nitrogens with one attached hydrogen (secondary N) is 1. The lowest BCUT2D eigenvalue weighted by molar-refractivity contribution is 0.102. The van der Waals surface area contributed by atoms with Gasteiger partial charge in [0.1, 0.15) is 6.61 Å². The van der Waals surface area contributed by atoms with Crippen molar-refractivity contribution in [3.05, 3.63) is 71.3 Å². The molecule has 0 aliphatic heterocycles. The zero-order valence-corrected chi connectivity index (χ0v) is 18.8. The first-order chi connectivity index (χ1) is 16.0. The van der Waals surface area contributed by atoms with Crippen molar-refractivity contribution in [3.8, 4) is 11.5 Å². The number of aryl methyl sites for hydroxylation is 2. The molecule has 8 heteroatoms. The molecule has 0 radical (unpaired) electrons. The van der Waals surface area contributed by atoms with Crippen LogP contribution in [0.25, 0.3) is 11.0 Å². The van der Waals surface area contributed by atoms with Gasteiger partial charge in [0.15, 0.2) is 17.1 Å². The first-order valence-electron chi connectivity index (χ1n) is 10.9. The van der Waals surface area contributed by atoms with Gasteiger partial charge in [0.05, 0.1) is 23.8 Å². The monoisotopic (exact) mass is 443 g/mol. The SMILES string of the molecule is COc1ccc(NC(=O)c2cc(C3CC3)nc3c2c(C)nn3C)cc1OCc1ccncc1. The molecule has 5 rings (SSSR count). The number of methoxy groups -OCH3 is 1. The van der Waals surface area contributed by atoms with Crippen molar-refractivity contribution in [2.24, 2.45) is 7.05 Å². The smallest absolute Gasteiger partial charge is 0.256 e. The Balaban J connectivity index is 1.43. The van der Waals surface area contributed by atoms with E-state index < -0.39 is 0 Å². The Hall–Kier alpha value is -3.94. The molecule has 0 atom stereocenters. The fraction of sp³-hybridized carbons (Fsp3) is 0.280. The molecule has 0 bridgehead atoms. The summed E-state index contributed by atoms with van der Waals surface area (Å²) < 4.78 is 13.1. The van der Waals surface area contributed by atoms with E-state index in [0.29, 0.717) is 35.3 Å². The van der Waals surface area contributed by atoms with Crippen LogP contribution in [0.1, 0.15) is 46.1 Å². The Labute approximate surface area is 191 Å². The number of pyridine rings is 2. The van der Waals surface area contributed by atoms with Crippen molar-refractivity contribution in [1.29, 1.82) is 0 Å². The summed E-state index contributed by atoms with van der Waals surface area (Å²) in [7, 11) is 3.45. The van der Waals surface area contributed by atoms with Crippen molar-refractivity contribution in [3.63, 3.8) is 0 Å². The fourth-order valence-corrected chi connectivity index (χ4v) is 3.94. The average Bonchev–Trinajstić information content (AvgIpc) is 3.64. The molecule has 3 aromatic heterocycles. The number of aromatic nitrogens is 4. The number of rotatable bonds is 7. The minimum atomic E-state index is -0.203. The lowest BCUT2D eigenvalue weighted by Crippen LogP contribution is -2.14. The highest BCUT2D eigenvalue weighted by Crippen LogP contribution is 2.40. The van der Waals surface area contributed by atoms with E-state index in [4.69, 9.17) is 14.5 Å². The van der Waals surface area contributed by atoms with Crippen LogP contribution in [-0.4, -0.2) is 32.8 Å². The second kappa shape index (κ2) is 8.54. The number of amides is 1. The van der Waals surface area contributed by atoms with Gasteiger partial charge in [0.25, 0.3) is 5.91 Å². The van der Waals surface area contributed by atoms with Gasteiger partial charge in [-0.25, -0.2) is 4.98 Å². The Morgan fingerprint density at radius 2 is 1.94 bits per heavy atom. The molecule has 1 aliphatic rings. The highest BCUT2D eigenvalue weighted by molar-refractivity contribution is 6.12. The van der Waals surface area contributed by atoms with Gasteiger partial charge in [-0.2, -0.15) is 5.10 Å². The van der Waals surface area contributed by atoms with Crippen LogP contribution in [0.2, 0.25) is 0 Å². The van der Waals surface area contributed by atoms with Crippen LogP contribution in [0, 0.1) is 6.92 Å². The number of hydrogen-bond acceptors (Lipinski definition) is 6. The van der Waals surface area contributed by atoms with Gasteiger partial charge >= 0.3 is 0 Å². The number of carbonyl (C=O) groups is 1.